The average Bonchev–Trinajstić information content (AvgIpc) is 2.33. The third-order valence-electron chi connectivity index (χ3n) is 2.49. The molecule has 0 rings (SSSR count). The molecule has 0 aromatic rings. The van der Waals surface area contributed by atoms with E-state index in [1.165, 1.54) is 0 Å². The fourth-order valence-electron chi connectivity index (χ4n) is 1.46. The summed E-state index contributed by atoms with van der Waals surface area (Å²) >= 11 is 0. The van der Waals surface area contributed by atoms with E-state index in [0.29, 0.717) is 19.5 Å². The predicted octanol–water partition coefficient (Wildman–Crippen LogP) is 0.361. The second-order valence-corrected chi connectivity index (χ2v) is 3.84. The van der Waals surface area contributed by atoms with Gasteiger partial charge in [0.2, 0.25) is 11.8 Å². The number of nitrogens with zero attached hydrogens (tertiary/aromatic N) is 1. The number of amides is 2. The number of carbonyl (C=O) groups is 2. The largest absolute Gasteiger partial charge is 0.355 e. The molecule has 0 heterocycles. The van der Waals surface area contributed by atoms with Crippen molar-refractivity contribution < 1.29 is 9.59 Å². The number of hydrogen-bond donors (Lipinski definition) is 2. The van der Waals surface area contributed by atoms with Gasteiger partial charge in [-0.05, 0) is 20.3 Å². The smallest absolute Gasteiger partial charge is 0.233 e. The molecule has 17 heavy (non-hydrogen) atoms. The van der Waals surface area contributed by atoms with Crippen molar-refractivity contribution >= 4 is 11.8 Å². The minimum Gasteiger partial charge on any atom is -0.355 e. The predicted molar refractivity (Wildman–Crippen MR) is 68.7 cm³/mol. The van der Waals surface area contributed by atoms with Crippen LogP contribution < -0.4 is 10.6 Å². The third-order valence-corrected chi connectivity index (χ3v) is 2.49. The minimum absolute atomic E-state index is 0.0119. The molecule has 0 radical (unpaired) electrons. The van der Waals surface area contributed by atoms with Crippen LogP contribution in [0.15, 0.2) is 0 Å². The number of rotatable bonds is 9. The number of hydrogen-bond acceptors (Lipinski definition) is 3. The van der Waals surface area contributed by atoms with E-state index in [1.807, 2.05) is 20.8 Å². The lowest BCUT2D eigenvalue weighted by molar-refractivity contribution is -0.131. The van der Waals surface area contributed by atoms with Crippen LogP contribution >= 0.6 is 0 Å². The first kappa shape index (κ1) is 15.9. The SMILES string of the molecule is CCCNC(=O)CNCCC(=O)N(CC)CC. The monoisotopic (exact) mass is 243 g/mol. The summed E-state index contributed by atoms with van der Waals surface area (Å²) in [5.74, 6) is 0.124. The highest BCUT2D eigenvalue weighted by Crippen LogP contribution is 1.92. The number of carbonyl (C=O) groups excluding carboxylic acids is 2. The summed E-state index contributed by atoms with van der Waals surface area (Å²) in [7, 11) is 0. The van der Waals surface area contributed by atoms with Crippen molar-refractivity contribution in [2.24, 2.45) is 0 Å². The molecule has 100 valence electrons. The molecule has 0 aliphatic carbocycles. The Morgan fingerprint density at radius 2 is 1.71 bits per heavy atom. The first-order valence-electron chi connectivity index (χ1n) is 6.40. The van der Waals surface area contributed by atoms with Crippen molar-refractivity contribution in [1.29, 1.82) is 0 Å². The Bertz CT molecular complexity index is 228. The Kier molecular flexibility index (Phi) is 9.43. The maximum atomic E-state index is 11.6. The Labute approximate surface area is 104 Å². The standard InChI is InChI=1S/C12H25N3O2/c1-4-8-14-11(16)10-13-9-7-12(17)15(5-2)6-3/h13H,4-10H2,1-3H3,(H,14,16). The molecule has 0 spiro atoms. The molecule has 0 atom stereocenters. The van der Waals surface area contributed by atoms with E-state index in [4.69, 9.17) is 0 Å². The Hall–Kier alpha value is -1.10. The lowest BCUT2D eigenvalue weighted by atomic mass is 10.3. The van der Waals surface area contributed by atoms with Crippen LogP contribution in [-0.4, -0.2) is 49.4 Å². The van der Waals surface area contributed by atoms with Crippen LogP contribution in [0.2, 0.25) is 0 Å². The van der Waals surface area contributed by atoms with Crippen molar-refractivity contribution in [3.8, 4) is 0 Å². The van der Waals surface area contributed by atoms with Gasteiger partial charge in [-0.25, -0.2) is 0 Å². The lowest BCUT2D eigenvalue weighted by Crippen LogP contribution is -2.37. The molecule has 0 aromatic carbocycles. The van der Waals surface area contributed by atoms with Crippen LogP contribution in [0.5, 0.6) is 0 Å². The minimum atomic E-state index is -0.0119. The highest BCUT2D eigenvalue weighted by Gasteiger charge is 2.08. The fraction of sp³-hybridized carbons (Fsp3) is 0.833. The van der Waals surface area contributed by atoms with E-state index in [1.54, 1.807) is 4.90 Å². The summed E-state index contributed by atoms with van der Waals surface area (Å²) < 4.78 is 0. The highest BCUT2D eigenvalue weighted by atomic mass is 16.2. The number of nitrogens with one attached hydrogen (secondary N) is 2. The maximum Gasteiger partial charge on any atom is 0.233 e. The van der Waals surface area contributed by atoms with Crippen LogP contribution in [0.25, 0.3) is 0 Å². The first-order valence-corrected chi connectivity index (χ1v) is 6.40. The molecule has 0 saturated heterocycles. The Morgan fingerprint density at radius 1 is 1.06 bits per heavy atom. The van der Waals surface area contributed by atoms with Gasteiger partial charge >= 0.3 is 0 Å². The van der Waals surface area contributed by atoms with Gasteiger partial charge in [-0.15, -0.1) is 0 Å². The maximum absolute atomic E-state index is 11.6. The summed E-state index contributed by atoms with van der Waals surface area (Å²) in [6.07, 6.45) is 1.38. The summed E-state index contributed by atoms with van der Waals surface area (Å²) in [5.41, 5.74) is 0. The van der Waals surface area contributed by atoms with E-state index in [9.17, 15) is 9.59 Å². The van der Waals surface area contributed by atoms with Crippen LogP contribution in [0.3, 0.4) is 0 Å². The summed E-state index contributed by atoms with van der Waals surface area (Å²) in [4.78, 5) is 24.6. The molecule has 0 bridgehead atoms. The van der Waals surface area contributed by atoms with Gasteiger partial charge in [0.1, 0.15) is 0 Å². The molecule has 0 aromatic heterocycles. The van der Waals surface area contributed by atoms with Gasteiger partial charge in [0.05, 0.1) is 6.54 Å². The van der Waals surface area contributed by atoms with Crippen molar-refractivity contribution in [2.75, 3.05) is 32.7 Å². The van der Waals surface area contributed by atoms with E-state index in [0.717, 1.165) is 19.5 Å². The Morgan fingerprint density at radius 3 is 2.24 bits per heavy atom. The molecule has 0 saturated carbocycles. The molecule has 2 amide bonds. The summed E-state index contributed by atoms with van der Waals surface area (Å²) in [5, 5.41) is 5.74. The summed E-state index contributed by atoms with van der Waals surface area (Å²) in [6.45, 7) is 8.97. The Balaban J connectivity index is 3.57. The zero-order valence-electron chi connectivity index (χ0n) is 11.2. The highest BCUT2D eigenvalue weighted by molar-refractivity contribution is 5.78. The summed E-state index contributed by atoms with van der Waals surface area (Å²) in [6, 6.07) is 0. The van der Waals surface area contributed by atoms with E-state index >= 15 is 0 Å². The van der Waals surface area contributed by atoms with E-state index in [2.05, 4.69) is 10.6 Å². The van der Waals surface area contributed by atoms with Crippen molar-refractivity contribution in [2.45, 2.75) is 33.6 Å². The van der Waals surface area contributed by atoms with Crippen LogP contribution in [0, 0.1) is 0 Å². The second kappa shape index (κ2) is 10.1. The molecule has 0 unspecified atom stereocenters. The van der Waals surface area contributed by atoms with Gasteiger partial charge in [0.25, 0.3) is 0 Å². The lowest BCUT2D eigenvalue weighted by Gasteiger charge is -2.18. The van der Waals surface area contributed by atoms with Gasteiger partial charge in [-0.3, -0.25) is 9.59 Å². The van der Waals surface area contributed by atoms with Gasteiger partial charge in [0.15, 0.2) is 0 Å². The quantitative estimate of drug-likeness (QED) is 0.575. The van der Waals surface area contributed by atoms with Crippen molar-refractivity contribution in [3.05, 3.63) is 0 Å². The average molecular weight is 243 g/mol. The molecule has 2 N–H and O–H groups in total. The van der Waals surface area contributed by atoms with Gasteiger partial charge in [-0.2, -0.15) is 0 Å². The second-order valence-electron chi connectivity index (χ2n) is 3.84. The zero-order chi connectivity index (χ0) is 13.1. The topological polar surface area (TPSA) is 61.4 Å². The molecule has 0 aliphatic rings. The molecule has 0 aliphatic heterocycles. The van der Waals surface area contributed by atoms with Gasteiger partial charge in [-0.1, -0.05) is 6.92 Å². The van der Waals surface area contributed by atoms with E-state index < -0.39 is 0 Å². The van der Waals surface area contributed by atoms with Crippen LogP contribution in [0.1, 0.15) is 33.6 Å². The zero-order valence-corrected chi connectivity index (χ0v) is 11.2. The molecule has 5 heteroatoms. The third kappa shape index (κ3) is 7.74. The normalized spacial score (nSPS) is 10.1. The molecular formula is C12H25N3O2. The molecular weight excluding hydrogens is 218 g/mol. The van der Waals surface area contributed by atoms with Gasteiger partial charge in [0, 0.05) is 32.6 Å². The van der Waals surface area contributed by atoms with Crippen molar-refractivity contribution in [1.82, 2.24) is 15.5 Å². The van der Waals surface area contributed by atoms with Crippen LogP contribution in [-0.2, 0) is 9.59 Å². The fourth-order valence-corrected chi connectivity index (χ4v) is 1.46. The van der Waals surface area contributed by atoms with E-state index in [-0.39, 0.29) is 18.4 Å². The molecule has 5 nitrogen and oxygen atoms in total. The molecule has 0 fully saturated rings. The first-order chi connectivity index (χ1) is 8.15. The van der Waals surface area contributed by atoms with Crippen LogP contribution in [0.4, 0.5) is 0 Å². The van der Waals surface area contributed by atoms with Crippen molar-refractivity contribution in [3.63, 3.8) is 0 Å². The van der Waals surface area contributed by atoms with Gasteiger partial charge < -0.3 is 15.5 Å².